The van der Waals surface area contributed by atoms with Crippen molar-refractivity contribution in [3.05, 3.63) is 29.3 Å². The first kappa shape index (κ1) is 18.1. The Balaban J connectivity index is 1.77. The van der Waals surface area contributed by atoms with E-state index in [1.165, 1.54) is 0 Å². The highest BCUT2D eigenvalue weighted by atomic mass is 16.6. The number of rotatable bonds is 4. The number of nitrogens with zero attached hydrogens (tertiary/aromatic N) is 1. The van der Waals surface area contributed by atoms with Gasteiger partial charge < -0.3 is 19.1 Å². The number of likely N-dealkylation sites (tertiary alicyclic amines) is 1. The van der Waals surface area contributed by atoms with Gasteiger partial charge in [0.05, 0.1) is 19.3 Å². The standard InChI is InChI=1S/C18H25NO5/c1-12-6-7-14(8-15(12)22-5)16(20)23-11-13-9-19(10-13)17(21)24-18(2,3)4/h6-8,13H,9-11H2,1-5H3. The Bertz CT molecular complexity index is 614. The molecular weight excluding hydrogens is 310 g/mol. The van der Waals surface area contributed by atoms with Crippen molar-refractivity contribution in [3.8, 4) is 5.75 Å². The summed E-state index contributed by atoms with van der Waals surface area (Å²) >= 11 is 0. The van der Waals surface area contributed by atoms with Crippen LogP contribution in [0.1, 0.15) is 36.7 Å². The zero-order valence-electron chi connectivity index (χ0n) is 14.9. The van der Waals surface area contributed by atoms with Gasteiger partial charge in [0.1, 0.15) is 11.4 Å². The van der Waals surface area contributed by atoms with Gasteiger partial charge in [0, 0.05) is 19.0 Å². The molecule has 1 heterocycles. The molecule has 6 heteroatoms. The summed E-state index contributed by atoms with van der Waals surface area (Å²) in [6.07, 6.45) is -0.326. The molecule has 1 aliphatic heterocycles. The van der Waals surface area contributed by atoms with Crippen LogP contribution in [-0.2, 0) is 9.47 Å². The van der Waals surface area contributed by atoms with Crippen molar-refractivity contribution in [1.29, 1.82) is 0 Å². The molecule has 6 nitrogen and oxygen atoms in total. The summed E-state index contributed by atoms with van der Waals surface area (Å²) < 4.78 is 15.8. The molecule has 0 N–H and O–H groups in total. The Morgan fingerprint density at radius 2 is 1.92 bits per heavy atom. The molecule has 1 aliphatic rings. The van der Waals surface area contributed by atoms with E-state index in [9.17, 15) is 9.59 Å². The maximum atomic E-state index is 12.1. The quantitative estimate of drug-likeness (QED) is 0.791. The molecule has 0 atom stereocenters. The van der Waals surface area contributed by atoms with Gasteiger partial charge in [-0.05, 0) is 45.4 Å². The Kier molecular flexibility index (Phi) is 5.36. The number of methoxy groups -OCH3 is 1. The predicted octanol–water partition coefficient (Wildman–Crippen LogP) is 3.03. The summed E-state index contributed by atoms with van der Waals surface area (Å²) in [6.45, 7) is 8.78. The van der Waals surface area contributed by atoms with Crippen LogP contribution in [0.5, 0.6) is 5.75 Å². The molecule has 0 saturated carbocycles. The summed E-state index contributed by atoms with van der Waals surface area (Å²) in [7, 11) is 1.57. The molecule has 1 saturated heterocycles. The molecule has 0 bridgehead atoms. The SMILES string of the molecule is COc1cc(C(=O)OCC2CN(C(=O)OC(C)(C)C)C2)ccc1C. The minimum Gasteiger partial charge on any atom is -0.496 e. The molecule has 1 amide bonds. The molecule has 1 fully saturated rings. The summed E-state index contributed by atoms with van der Waals surface area (Å²) in [5.74, 6) is 0.419. The van der Waals surface area contributed by atoms with E-state index in [1.54, 1.807) is 24.1 Å². The molecule has 1 aromatic rings. The number of amides is 1. The van der Waals surface area contributed by atoms with Gasteiger partial charge in [0.15, 0.2) is 0 Å². The third-order valence-corrected chi connectivity index (χ3v) is 3.70. The molecule has 0 spiro atoms. The third kappa shape index (κ3) is 4.63. The first-order valence-corrected chi connectivity index (χ1v) is 7.99. The predicted molar refractivity (Wildman–Crippen MR) is 89.3 cm³/mol. The van der Waals surface area contributed by atoms with Gasteiger partial charge in [-0.25, -0.2) is 9.59 Å². The minimum atomic E-state index is -0.501. The zero-order chi connectivity index (χ0) is 17.9. The van der Waals surface area contributed by atoms with Crippen LogP contribution in [0.4, 0.5) is 4.79 Å². The number of aryl methyl sites for hydroxylation is 1. The van der Waals surface area contributed by atoms with Crippen LogP contribution < -0.4 is 4.74 Å². The summed E-state index contributed by atoms with van der Waals surface area (Å²) in [5, 5.41) is 0. The zero-order valence-corrected chi connectivity index (χ0v) is 14.9. The Morgan fingerprint density at radius 3 is 2.50 bits per heavy atom. The van der Waals surface area contributed by atoms with E-state index >= 15 is 0 Å². The number of carbonyl (C=O) groups excluding carboxylic acids is 2. The molecule has 0 aromatic heterocycles. The second kappa shape index (κ2) is 7.11. The highest BCUT2D eigenvalue weighted by Crippen LogP contribution is 2.22. The third-order valence-electron chi connectivity index (χ3n) is 3.70. The van der Waals surface area contributed by atoms with Crippen molar-refractivity contribution in [2.24, 2.45) is 5.92 Å². The maximum absolute atomic E-state index is 12.1. The smallest absolute Gasteiger partial charge is 0.410 e. The number of esters is 1. The topological polar surface area (TPSA) is 65.1 Å². The molecule has 24 heavy (non-hydrogen) atoms. The fraction of sp³-hybridized carbons (Fsp3) is 0.556. The van der Waals surface area contributed by atoms with Crippen LogP contribution in [0.2, 0.25) is 0 Å². The van der Waals surface area contributed by atoms with Crippen LogP contribution in [-0.4, -0.2) is 49.4 Å². The maximum Gasteiger partial charge on any atom is 0.410 e. The van der Waals surface area contributed by atoms with Crippen molar-refractivity contribution >= 4 is 12.1 Å². The molecule has 132 valence electrons. The van der Waals surface area contributed by atoms with Gasteiger partial charge >= 0.3 is 12.1 Å². The fourth-order valence-electron chi connectivity index (χ4n) is 2.37. The molecule has 1 aromatic carbocycles. The highest BCUT2D eigenvalue weighted by molar-refractivity contribution is 5.90. The fourth-order valence-corrected chi connectivity index (χ4v) is 2.37. The van der Waals surface area contributed by atoms with Gasteiger partial charge in [-0.3, -0.25) is 0 Å². The van der Waals surface area contributed by atoms with E-state index in [2.05, 4.69) is 0 Å². The van der Waals surface area contributed by atoms with Gasteiger partial charge in [-0.1, -0.05) is 6.07 Å². The van der Waals surface area contributed by atoms with E-state index in [1.807, 2.05) is 33.8 Å². The summed E-state index contributed by atoms with van der Waals surface area (Å²) in [5.41, 5.74) is 0.917. The van der Waals surface area contributed by atoms with Crippen LogP contribution >= 0.6 is 0 Å². The summed E-state index contributed by atoms with van der Waals surface area (Å²) in [6, 6.07) is 5.21. The van der Waals surface area contributed by atoms with Gasteiger partial charge in [0.2, 0.25) is 0 Å². The van der Waals surface area contributed by atoms with Crippen LogP contribution in [0.25, 0.3) is 0 Å². The first-order valence-electron chi connectivity index (χ1n) is 7.99. The van der Waals surface area contributed by atoms with Crippen LogP contribution in [0, 0.1) is 12.8 Å². The molecule has 0 radical (unpaired) electrons. The van der Waals surface area contributed by atoms with E-state index in [0.29, 0.717) is 24.4 Å². The number of ether oxygens (including phenoxy) is 3. The molecular formula is C18H25NO5. The van der Waals surface area contributed by atoms with E-state index in [-0.39, 0.29) is 24.6 Å². The van der Waals surface area contributed by atoms with Crippen LogP contribution in [0.15, 0.2) is 18.2 Å². The van der Waals surface area contributed by atoms with Crippen molar-refractivity contribution in [3.63, 3.8) is 0 Å². The second-order valence-electron chi connectivity index (χ2n) is 7.03. The number of carbonyl (C=O) groups is 2. The van der Waals surface area contributed by atoms with E-state index in [4.69, 9.17) is 14.2 Å². The molecule has 2 rings (SSSR count). The average molecular weight is 335 g/mol. The second-order valence-corrected chi connectivity index (χ2v) is 7.03. The molecule has 0 aliphatic carbocycles. The average Bonchev–Trinajstić information content (AvgIpc) is 2.43. The van der Waals surface area contributed by atoms with Crippen molar-refractivity contribution < 1.29 is 23.8 Å². The van der Waals surface area contributed by atoms with Crippen molar-refractivity contribution in [1.82, 2.24) is 4.90 Å². The highest BCUT2D eigenvalue weighted by Gasteiger charge is 2.34. The van der Waals surface area contributed by atoms with E-state index < -0.39 is 5.60 Å². The van der Waals surface area contributed by atoms with Crippen LogP contribution in [0.3, 0.4) is 0 Å². The lowest BCUT2D eigenvalue weighted by Gasteiger charge is -2.39. The number of hydrogen-bond acceptors (Lipinski definition) is 5. The minimum absolute atomic E-state index is 0.147. The molecule has 0 unspecified atom stereocenters. The lowest BCUT2D eigenvalue weighted by atomic mass is 10.0. The van der Waals surface area contributed by atoms with Gasteiger partial charge in [-0.2, -0.15) is 0 Å². The Hall–Kier alpha value is -2.24. The van der Waals surface area contributed by atoms with Gasteiger partial charge in [-0.15, -0.1) is 0 Å². The normalized spacial score (nSPS) is 14.8. The lowest BCUT2D eigenvalue weighted by Crippen LogP contribution is -2.53. The summed E-state index contributed by atoms with van der Waals surface area (Å²) in [4.78, 5) is 25.5. The van der Waals surface area contributed by atoms with Gasteiger partial charge in [0.25, 0.3) is 0 Å². The Labute approximate surface area is 142 Å². The first-order chi connectivity index (χ1) is 11.2. The monoisotopic (exact) mass is 335 g/mol. The number of hydrogen-bond donors (Lipinski definition) is 0. The van der Waals surface area contributed by atoms with E-state index in [0.717, 1.165) is 5.56 Å². The lowest BCUT2D eigenvalue weighted by molar-refractivity contribution is -0.0154. The Morgan fingerprint density at radius 1 is 1.25 bits per heavy atom. The van der Waals surface area contributed by atoms with Crippen molar-refractivity contribution in [2.75, 3.05) is 26.8 Å². The number of benzene rings is 1. The largest absolute Gasteiger partial charge is 0.496 e. The van der Waals surface area contributed by atoms with Crippen molar-refractivity contribution in [2.45, 2.75) is 33.3 Å².